The predicted octanol–water partition coefficient (Wildman–Crippen LogP) is 4.24. The molecule has 5 atom stereocenters. The number of carbonyl (C=O) groups is 7. The summed E-state index contributed by atoms with van der Waals surface area (Å²) < 4.78 is 15.3. The molecule has 322 valence electrons. The zero-order valence-corrected chi connectivity index (χ0v) is 38.0. The van der Waals surface area contributed by atoms with Gasteiger partial charge in [0.05, 0.1) is 30.8 Å². The van der Waals surface area contributed by atoms with Gasteiger partial charge in [0.1, 0.15) is 34.9 Å². The van der Waals surface area contributed by atoms with Crippen LogP contribution in [0.1, 0.15) is 117 Å². The van der Waals surface area contributed by atoms with Crippen molar-refractivity contribution in [2.45, 2.75) is 161 Å². The van der Waals surface area contributed by atoms with E-state index in [2.05, 4.69) is 6.92 Å². The largest absolute Gasteiger partial charge is 2.00 e. The van der Waals surface area contributed by atoms with Gasteiger partial charge in [-0.2, -0.15) is 6.92 Å². The number of hydrogen-bond acceptors (Lipinski definition) is 12. The molecule has 3 heterocycles. The first-order chi connectivity index (χ1) is 24.4. The predicted molar refractivity (Wildman–Crippen MR) is 211 cm³/mol. The molecular weight excluding hydrogens is 819 g/mol. The maximum atomic E-state index is 11.9. The van der Waals surface area contributed by atoms with Crippen LogP contribution < -0.4 is 0 Å². The fraction of sp³-hybridized carbons (Fsp3) is 0.778. The van der Waals surface area contributed by atoms with Gasteiger partial charge in [-0.25, -0.2) is 28.8 Å². The molecule has 0 bridgehead atoms. The van der Waals surface area contributed by atoms with Gasteiger partial charge < -0.3 is 48.1 Å². The van der Waals surface area contributed by atoms with Gasteiger partial charge in [-0.05, 0) is 75.2 Å². The SMILES string of the molecule is Br.CC(C)(C)OC(=O)N1CC(=O)C[C@H]1C(=O)O.CC[C@@]1(O)C[C@@H](C(=O)O)N(C(=O)OC(C)(C)C)C1.CC[C@]1(O)C[C@@H](C(=O)O)N(C(=O)OC(C)(C)C)C1.[CH2-]C.[H-].[Mg+2]. The quantitative estimate of drug-likeness (QED) is 0.147. The van der Waals surface area contributed by atoms with Crippen LogP contribution in [0.2, 0.25) is 0 Å². The zero-order valence-electron chi connectivity index (χ0n) is 35.9. The van der Waals surface area contributed by atoms with Gasteiger partial charge in [-0.3, -0.25) is 19.5 Å². The molecule has 0 saturated carbocycles. The number of aliphatic hydroxyl groups is 2. The van der Waals surface area contributed by atoms with Crippen LogP contribution in [0.3, 0.4) is 0 Å². The second-order valence-corrected chi connectivity index (χ2v) is 16.2. The van der Waals surface area contributed by atoms with Crippen LogP contribution in [-0.2, 0) is 33.4 Å². The smallest absolute Gasteiger partial charge is 1.00 e. The van der Waals surface area contributed by atoms with E-state index in [9.17, 15) is 43.8 Å². The summed E-state index contributed by atoms with van der Waals surface area (Å²) >= 11 is 0. The van der Waals surface area contributed by atoms with E-state index < -0.39 is 82.3 Å². The van der Waals surface area contributed by atoms with E-state index in [1.54, 1.807) is 83.1 Å². The van der Waals surface area contributed by atoms with Crippen molar-refractivity contribution in [3.8, 4) is 0 Å². The van der Waals surface area contributed by atoms with Crippen molar-refractivity contribution < 1.29 is 74.7 Å². The van der Waals surface area contributed by atoms with Crippen LogP contribution in [0.5, 0.6) is 0 Å². The molecule has 3 amide bonds. The molecule has 18 nitrogen and oxygen atoms in total. The minimum absolute atomic E-state index is 0. The molecule has 5 N–H and O–H groups in total. The Labute approximate surface area is 358 Å². The van der Waals surface area contributed by atoms with Crippen LogP contribution in [-0.4, -0.2) is 171 Å². The van der Waals surface area contributed by atoms with E-state index in [1.807, 2.05) is 0 Å². The topological polar surface area (TPSA) is 258 Å². The van der Waals surface area contributed by atoms with Crippen LogP contribution in [0, 0.1) is 6.92 Å². The molecule has 0 aromatic carbocycles. The number of amides is 3. The monoisotopic (exact) mass is 881 g/mol. The van der Waals surface area contributed by atoms with E-state index in [4.69, 9.17) is 29.5 Å². The number of ether oxygens (including phenoxy) is 3. The zero-order chi connectivity index (χ0) is 42.8. The van der Waals surface area contributed by atoms with Crippen molar-refractivity contribution in [1.82, 2.24) is 14.7 Å². The molecule has 0 unspecified atom stereocenters. The number of Topliss-reactive ketones (excluding diaryl/α,β-unsaturated/α-hetero) is 1. The van der Waals surface area contributed by atoms with Crippen molar-refractivity contribution in [3.63, 3.8) is 0 Å². The Bertz CT molecular complexity index is 1300. The molecule has 0 radical (unpaired) electrons. The van der Waals surface area contributed by atoms with Gasteiger partial charge in [-0.1, -0.05) is 13.8 Å². The summed E-state index contributed by atoms with van der Waals surface area (Å²) in [6.07, 6.45) is -1.42. The fourth-order valence-electron chi connectivity index (χ4n) is 5.33. The average molecular weight is 883 g/mol. The number of aliphatic carboxylic acids is 3. The van der Waals surface area contributed by atoms with Crippen LogP contribution in [0.25, 0.3) is 0 Å². The van der Waals surface area contributed by atoms with Gasteiger partial charge in [0.25, 0.3) is 0 Å². The van der Waals surface area contributed by atoms with Crippen LogP contribution >= 0.6 is 17.0 Å². The Balaban J connectivity index is -0.000000353. The maximum absolute atomic E-state index is 11.9. The normalized spacial score (nSPS) is 24.3. The molecule has 20 heteroatoms. The molecule has 0 aromatic rings. The molecule has 3 aliphatic rings. The first kappa shape index (κ1) is 57.4. The molecule has 56 heavy (non-hydrogen) atoms. The molecular formula is C36H64BrMgN3O15. The number of halogens is 1. The van der Waals surface area contributed by atoms with Gasteiger partial charge in [0.15, 0.2) is 5.78 Å². The number of carbonyl (C=O) groups excluding carboxylic acids is 4. The first-order valence-electron chi connectivity index (χ1n) is 17.7. The maximum Gasteiger partial charge on any atom is 2.00 e. The molecule has 0 aromatic heterocycles. The van der Waals surface area contributed by atoms with E-state index in [0.29, 0.717) is 12.8 Å². The first-order valence-corrected chi connectivity index (χ1v) is 17.7. The molecule has 3 fully saturated rings. The minimum Gasteiger partial charge on any atom is -1.00 e. The summed E-state index contributed by atoms with van der Waals surface area (Å²) in [5.74, 6) is -3.69. The Morgan fingerprint density at radius 1 is 0.643 bits per heavy atom. The average Bonchev–Trinajstić information content (AvgIpc) is 3.70. The van der Waals surface area contributed by atoms with E-state index in [1.165, 1.54) is 0 Å². The Hall–Kier alpha value is -2.94. The number of ketones is 1. The number of likely N-dealkylation sites (tertiary alicyclic amines) is 3. The minimum atomic E-state index is -1.18. The summed E-state index contributed by atoms with van der Waals surface area (Å²) in [4.78, 5) is 82.8. The number of β-amino-alcohol motifs (C(OH)–C–C–N with tert-alkyl or cyclic N) is 2. The Morgan fingerprint density at radius 3 is 1.14 bits per heavy atom. The fourth-order valence-corrected chi connectivity index (χ4v) is 5.33. The summed E-state index contributed by atoms with van der Waals surface area (Å²) in [7, 11) is 0. The number of nitrogens with zero attached hydrogens (tertiary/aromatic N) is 3. The number of hydrogen-bond donors (Lipinski definition) is 5. The molecule has 0 aliphatic carbocycles. The summed E-state index contributed by atoms with van der Waals surface area (Å²) in [6.45, 7) is 23.6. The number of rotatable bonds is 5. The van der Waals surface area contributed by atoms with Gasteiger partial charge in [0.2, 0.25) is 0 Å². The van der Waals surface area contributed by atoms with E-state index in [-0.39, 0.29) is 86.1 Å². The third-order valence-corrected chi connectivity index (χ3v) is 8.03. The Kier molecular flexibility index (Phi) is 23.4. The Morgan fingerprint density at radius 2 is 0.911 bits per heavy atom. The molecule has 3 saturated heterocycles. The van der Waals surface area contributed by atoms with Gasteiger partial charge >= 0.3 is 59.2 Å². The number of carboxylic acids is 3. The number of carboxylic acid groups (broad SMARTS) is 3. The van der Waals surface area contributed by atoms with Crippen molar-refractivity contribution in [2.75, 3.05) is 19.6 Å². The van der Waals surface area contributed by atoms with Gasteiger partial charge in [0, 0.05) is 19.3 Å². The molecule has 0 spiro atoms. The standard InChI is InChI=1S/2C12H21NO5.C10H15NO5.C2H5.BrH.Mg.H/c2*1-5-12(17)6-8(9(14)15)13(7-12)10(16)18-11(2,3)4;1-10(2,3)16-9(15)11-5-6(12)4-7(11)8(13)14;1-2;;;/h2*8,17H,5-7H2,1-4H3,(H,14,15);7H,4-5H2,1-3H3,(H,13,14);1H2,2H3;1H;;/q;;;-1;;+2;-1/t8-,12+;8-,12-;7-;;;;/m000..../s1. The van der Waals surface area contributed by atoms with Crippen LogP contribution in [0.15, 0.2) is 0 Å². The third kappa shape index (κ3) is 19.0. The van der Waals surface area contributed by atoms with Crippen molar-refractivity contribution in [2.24, 2.45) is 0 Å². The van der Waals surface area contributed by atoms with Crippen molar-refractivity contribution in [3.05, 3.63) is 6.92 Å². The van der Waals surface area contributed by atoms with Crippen LogP contribution in [0.4, 0.5) is 14.4 Å². The summed E-state index contributed by atoms with van der Waals surface area (Å²) in [6, 6.07) is -3.14. The second-order valence-electron chi connectivity index (χ2n) is 16.2. The van der Waals surface area contributed by atoms with Crippen molar-refractivity contribution in [1.29, 1.82) is 0 Å². The van der Waals surface area contributed by atoms with E-state index >= 15 is 0 Å². The van der Waals surface area contributed by atoms with Gasteiger partial charge in [-0.15, -0.1) is 17.0 Å². The summed E-state index contributed by atoms with van der Waals surface area (Å²) in [5, 5.41) is 47.3. The molecule has 3 aliphatic heterocycles. The second kappa shape index (κ2) is 22.9. The summed E-state index contributed by atoms with van der Waals surface area (Å²) in [5.41, 5.74) is -4.36. The molecule has 3 rings (SSSR count). The third-order valence-electron chi connectivity index (χ3n) is 8.03. The van der Waals surface area contributed by atoms with E-state index in [0.717, 1.165) is 14.7 Å². The van der Waals surface area contributed by atoms with Crippen molar-refractivity contribution >= 4 is 82.0 Å².